The first kappa shape index (κ1) is 17.0. The lowest BCUT2D eigenvalue weighted by atomic mass is 10.1. The molecule has 0 aliphatic heterocycles. The molecule has 0 bridgehead atoms. The molecule has 0 atom stereocenters. The molecule has 1 aliphatic rings. The molecule has 2 aromatic rings. The Morgan fingerprint density at radius 2 is 2.08 bits per heavy atom. The van der Waals surface area contributed by atoms with Crippen molar-refractivity contribution in [1.82, 2.24) is 20.0 Å². The molecule has 1 amide bonds. The lowest BCUT2D eigenvalue weighted by Crippen LogP contribution is -2.32. The molecule has 24 heavy (non-hydrogen) atoms. The summed E-state index contributed by atoms with van der Waals surface area (Å²) in [5.41, 5.74) is 3.25. The van der Waals surface area contributed by atoms with Gasteiger partial charge in [0, 0.05) is 19.0 Å². The average Bonchev–Trinajstić information content (AvgIpc) is 3.31. The first-order valence-corrected chi connectivity index (χ1v) is 8.64. The van der Waals surface area contributed by atoms with Gasteiger partial charge in [-0.3, -0.25) is 4.79 Å². The number of likely N-dealkylation sites (N-methyl/N-ethyl adjacent to an activating group) is 1. The predicted molar refractivity (Wildman–Crippen MR) is 96.2 cm³/mol. The molecule has 1 aromatic carbocycles. The molecule has 1 N–H and O–H groups in total. The molecule has 1 aliphatic carbocycles. The number of hydrogen-bond acceptors (Lipinski definition) is 3. The molecule has 0 radical (unpaired) electrons. The molecule has 0 unspecified atom stereocenters. The number of nitrogens with one attached hydrogen (secondary N) is 1. The van der Waals surface area contributed by atoms with Gasteiger partial charge in [-0.25, -0.2) is 4.68 Å². The minimum Gasteiger partial charge on any atom is -0.351 e. The third kappa shape index (κ3) is 3.47. The Kier molecular flexibility index (Phi) is 4.92. The second-order valence-electron chi connectivity index (χ2n) is 6.54. The van der Waals surface area contributed by atoms with Gasteiger partial charge in [0.05, 0.1) is 27.7 Å². The second kappa shape index (κ2) is 6.95. The summed E-state index contributed by atoms with van der Waals surface area (Å²) in [6, 6.07) is 7.58. The highest BCUT2D eigenvalue weighted by molar-refractivity contribution is 6.32. The smallest absolute Gasteiger partial charge is 0.255 e. The highest BCUT2D eigenvalue weighted by atomic mass is 35.5. The van der Waals surface area contributed by atoms with Gasteiger partial charge in [0.15, 0.2) is 0 Å². The van der Waals surface area contributed by atoms with Gasteiger partial charge in [0.2, 0.25) is 0 Å². The van der Waals surface area contributed by atoms with Crippen LogP contribution in [0.5, 0.6) is 0 Å². The molecular weight excluding hydrogens is 324 g/mol. The van der Waals surface area contributed by atoms with Crippen LogP contribution < -0.4 is 5.32 Å². The number of rotatable bonds is 6. The van der Waals surface area contributed by atoms with Crippen molar-refractivity contribution in [2.24, 2.45) is 0 Å². The zero-order valence-electron chi connectivity index (χ0n) is 14.3. The van der Waals surface area contributed by atoms with Gasteiger partial charge in [-0.2, -0.15) is 5.10 Å². The van der Waals surface area contributed by atoms with Crippen LogP contribution in [0.4, 0.5) is 0 Å². The minimum atomic E-state index is -0.0467. The van der Waals surface area contributed by atoms with Gasteiger partial charge in [-0.05, 0) is 46.0 Å². The van der Waals surface area contributed by atoms with Crippen LogP contribution in [0.1, 0.15) is 40.5 Å². The zero-order valence-corrected chi connectivity index (χ0v) is 15.1. The number of nitrogens with zero attached hydrogens (tertiary/aromatic N) is 3. The van der Waals surface area contributed by atoms with Crippen molar-refractivity contribution in [1.29, 1.82) is 0 Å². The lowest BCUT2D eigenvalue weighted by molar-refractivity contribution is 0.0949. The normalized spacial score (nSPS) is 14.2. The topological polar surface area (TPSA) is 50.2 Å². The van der Waals surface area contributed by atoms with E-state index in [-0.39, 0.29) is 5.91 Å². The maximum absolute atomic E-state index is 12.7. The Hall–Kier alpha value is -1.85. The summed E-state index contributed by atoms with van der Waals surface area (Å²) < 4.78 is 1.80. The highest BCUT2D eigenvalue weighted by Gasteiger charge is 2.33. The summed E-state index contributed by atoms with van der Waals surface area (Å²) in [7, 11) is 3.98. The number of carbonyl (C=O) groups excluding carboxylic acids is 1. The highest BCUT2D eigenvalue weighted by Crippen LogP contribution is 2.42. The monoisotopic (exact) mass is 346 g/mol. The molecular formula is C18H23ClN4O. The fraction of sp³-hybridized carbons (Fsp3) is 0.444. The van der Waals surface area contributed by atoms with Gasteiger partial charge >= 0.3 is 0 Å². The molecule has 5 nitrogen and oxygen atoms in total. The Morgan fingerprint density at radius 1 is 1.38 bits per heavy atom. The van der Waals surface area contributed by atoms with Crippen LogP contribution in [-0.4, -0.2) is 47.8 Å². The van der Waals surface area contributed by atoms with E-state index in [0.717, 1.165) is 36.5 Å². The number of carbonyl (C=O) groups is 1. The van der Waals surface area contributed by atoms with Crippen LogP contribution in [0, 0.1) is 6.92 Å². The molecule has 6 heteroatoms. The van der Waals surface area contributed by atoms with Gasteiger partial charge in [-0.1, -0.05) is 23.7 Å². The number of aromatic nitrogens is 2. The summed E-state index contributed by atoms with van der Waals surface area (Å²) >= 11 is 6.32. The Bertz CT molecular complexity index is 749. The fourth-order valence-corrected chi connectivity index (χ4v) is 3.00. The average molecular weight is 347 g/mol. The SMILES string of the molecule is Cc1c(C(=O)NCCN(C)C)c(C2CC2)nn1-c1ccccc1Cl. The molecule has 1 fully saturated rings. The van der Waals surface area contributed by atoms with E-state index in [0.29, 0.717) is 23.0 Å². The third-order valence-corrected chi connectivity index (χ3v) is 4.58. The summed E-state index contributed by atoms with van der Waals surface area (Å²) in [5.74, 6) is 0.344. The number of para-hydroxylation sites is 1. The lowest BCUT2D eigenvalue weighted by Gasteiger charge is -2.11. The quantitative estimate of drug-likeness (QED) is 0.874. The van der Waals surface area contributed by atoms with E-state index in [2.05, 4.69) is 5.32 Å². The molecule has 0 spiro atoms. The van der Waals surface area contributed by atoms with Crippen molar-refractivity contribution < 1.29 is 4.79 Å². The standard InChI is InChI=1S/C18H23ClN4O/c1-12-16(18(24)20-10-11-22(2)3)17(13-8-9-13)21-23(12)15-7-5-4-6-14(15)19/h4-7,13H,8-11H2,1-3H3,(H,20,24). The van der Waals surface area contributed by atoms with Crippen LogP contribution in [-0.2, 0) is 0 Å². The Morgan fingerprint density at radius 3 is 2.71 bits per heavy atom. The van der Waals surface area contributed by atoms with Gasteiger partial charge in [0.1, 0.15) is 0 Å². The molecule has 128 valence electrons. The molecule has 0 saturated heterocycles. The van der Waals surface area contributed by atoms with E-state index in [4.69, 9.17) is 16.7 Å². The van der Waals surface area contributed by atoms with Crippen molar-refractivity contribution in [3.8, 4) is 5.69 Å². The minimum absolute atomic E-state index is 0.0467. The summed E-state index contributed by atoms with van der Waals surface area (Å²) in [6.45, 7) is 3.36. The van der Waals surface area contributed by atoms with Crippen LogP contribution in [0.15, 0.2) is 24.3 Å². The summed E-state index contributed by atoms with van der Waals surface area (Å²) in [4.78, 5) is 14.8. The van der Waals surface area contributed by atoms with Crippen LogP contribution in [0.2, 0.25) is 5.02 Å². The summed E-state index contributed by atoms with van der Waals surface area (Å²) in [6.07, 6.45) is 2.19. The van der Waals surface area contributed by atoms with E-state index < -0.39 is 0 Å². The van der Waals surface area contributed by atoms with Gasteiger partial charge in [0.25, 0.3) is 5.91 Å². The van der Waals surface area contributed by atoms with E-state index >= 15 is 0 Å². The molecule has 1 saturated carbocycles. The fourth-order valence-electron chi connectivity index (χ4n) is 2.79. The first-order valence-electron chi connectivity index (χ1n) is 8.26. The number of hydrogen-bond donors (Lipinski definition) is 1. The third-order valence-electron chi connectivity index (χ3n) is 4.26. The number of amides is 1. The van der Waals surface area contributed by atoms with Crippen molar-refractivity contribution >= 4 is 17.5 Å². The van der Waals surface area contributed by atoms with Crippen molar-refractivity contribution in [3.05, 3.63) is 46.2 Å². The number of halogens is 1. The van der Waals surface area contributed by atoms with Crippen LogP contribution in [0.3, 0.4) is 0 Å². The molecule has 3 rings (SSSR count). The maximum atomic E-state index is 12.7. The Balaban J connectivity index is 1.94. The molecule has 1 heterocycles. The van der Waals surface area contributed by atoms with Crippen LogP contribution in [0.25, 0.3) is 5.69 Å². The largest absolute Gasteiger partial charge is 0.351 e. The van der Waals surface area contributed by atoms with Crippen molar-refractivity contribution in [2.75, 3.05) is 27.2 Å². The van der Waals surface area contributed by atoms with Gasteiger partial charge < -0.3 is 10.2 Å². The summed E-state index contributed by atoms with van der Waals surface area (Å²) in [5, 5.41) is 8.36. The van der Waals surface area contributed by atoms with Crippen molar-refractivity contribution in [2.45, 2.75) is 25.7 Å². The van der Waals surface area contributed by atoms with Crippen molar-refractivity contribution in [3.63, 3.8) is 0 Å². The van der Waals surface area contributed by atoms with Gasteiger partial charge in [-0.15, -0.1) is 0 Å². The number of benzene rings is 1. The second-order valence-corrected chi connectivity index (χ2v) is 6.95. The van der Waals surface area contributed by atoms with E-state index in [1.54, 1.807) is 4.68 Å². The van der Waals surface area contributed by atoms with E-state index in [9.17, 15) is 4.79 Å². The van der Waals surface area contributed by atoms with E-state index in [1.165, 1.54) is 0 Å². The first-order chi connectivity index (χ1) is 11.5. The zero-order chi connectivity index (χ0) is 17.3. The predicted octanol–water partition coefficient (Wildman–Crippen LogP) is 3.00. The Labute approximate surface area is 147 Å². The molecule has 1 aromatic heterocycles. The van der Waals surface area contributed by atoms with Crippen LogP contribution >= 0.6 is 11.6 Å². The maximum Gasteiger partial charge on any atom is 0.255 e. The van der Waals surface area contributed by atoms with E-state index in [1.807, 2.05) is 50.2 Å².